The van der Waals surface area contributed by atoms with Gasteiger partial charge in [0.15, 0.2) is 0 Å². The fourth-order valence-electron chi connectivity index (χ4n) is 4.83. The zero-order valence-electron chi connectivity index (χ0n) is 12.2. The van der Waals surface area contributed by atoms with E-state index in [1.165, 1.54) is 57.9 Å². The Morgan fingerprint density at radius 2 is 1.61 bits per heavy atom. The first-order valence-electron chi connectivity index (χ1n) is 8.31. The first-order valence-corrected chi connectivity index (χ1v) is 8.31. The smallest absolute Gasteiger partial charge is 0.0128 e. The lowest BCUT2D eigenvalue weighted by molar-refractivity contribution is 0.0997. The van der Waals surface area contributed by atoms with Crippen molar-refractivity contribution in [2.24, 2.45) is 5.92 Å². The minimum atomic E-state index is 0.839. The van der Waals surface area contributed by atoms with E-state index in [1.54, 1.807) is 0 Å². The standard InChI is InChI=1S/C16H30N2/c1-3-12-5-8-15(9-12)18(4-2)16-10-13-6-7-14(11-16)17-13/h12-17H,3-11H2,1-2H3. The average molecular weight is 250 g/mol. The molecule has 2 bridgehead atoms. The Morgan fingerprint density at radius 3 is 2.17 bits per heavy atom. The zero-order chi connectivity index (χ0) is 12.5. The molecule has 2 heteroatoms. The summed E-state index contributed by atoms with van der Waals surface area (Å²) in [7, 11) is 0. The van der Waals surface area contributed by atoms with Gasteiger partial charge in [0.25, 0.3) is 0 Å². The van der Waals surface area contributed by atoms with Gasteiger partial charge in [0.2, 0.25) is 0 Å². The molecule has 18 heavy (non-hydrogen) atoms. The van der Waals surface area contributed by atoms with Crippen LogP contribution in [0.2, 0.25) is 0 Å². The van der Waals surface area contributed by atoms with E-state index < -0.39 is 0 Å². The maximum Gasteiger partial charge on any atom is 0.0128 e. The second-order valence-electron chi connectivity index (χ2n) is 6.83. The molecule has 3 aliphatic rings. The normalized spacial score (nSPS) is 43.8. The molecule has 2 saturated heterocycles. The number of nitrogens with one attached hydrogen (secondary N) is 1. The van der Waals surface area contributed by atoms with Crippen LogP contribution in [0.4, 0.5) is 0 Å². The molecule has 0 amide bonds. The highest BCUT2D eigenvalue weighted by molar-refractivity contribution is 4.97. The molecule has 2 heterocycles. The molecule has 0 aromatic heterocycles. The van der Waals surface area contributed by atoms with Crippen molar-refractivity contribution in [1.82, 2.24) is 10.2 Å². The van der Waals surface area contributed by atoms with Crippen molar-refractivity contribution in [3.8, 4) is 0 Å². The molecule has 2 aliphatic heterocycles. The van der Waals surface area contributed by atoms with Gasteiger partial charge in [0.1, 0.15) is 0 Å². The van der Waals surface area contributed by atoms with Crippen molar-refractivity contribution in [2.75, 3.05) is 6.54 Å². The van der Waals surface area contributed by atoms with Crippen molar-refractivity contribution in [2.45, 2.75) is 89.4 Å². The molecule has 104 valence electrons. The summed E-state index contributed by atoms with van der Waals surface area (Å²) in [5.74, 6) is 1.02. The second kappa shape index (κ2) is 5.50. The molecular weight excluding hydrogens is 220 g/mol. The molecule has 3 fully saturated rings. The van der Waals surface area contributed by atoms with E-state index in [1.807, 2.05) is 0 Å². The summed E-state index contributed by atoms with van der Waals surface area (Å²) in [6.45, 7) is 6.02. The van der Waals surface area contributed by atoms with Crippen LogP contribution in [0.3, 0.4) is 0 Å². The van der Waals surface area contributed by atoms with Gasteiger partial charge in [0.05, 0.1) is 0 Å². The van der Waals surface area contributed by atoms with E-state index in [-0.39, 0.29) is 0 Å². The topological polar surface area (TPSA) is 15.3 Å². The van der Waals surface area contributed by atoms with Gasteiger partial charge < -0.3 is 5.32 Å². The Hall–Kier alpha value is -0.0800. The zero-order valence-corrected chi connectivity index (χ0v) is 12.2. The van der Waals surface area contributed by atoms with E-state index in [4.69, 9.17) is 0 Å². The van der Waals surface area contributed by atoms with Gasteiger partial charge in [-0.05, 0) is 57.4 Å². The van der Waals surface area contributed by atoms with Gasteiger partial charge in [-0.1, -0.05) is 20.3 Å². The Balaban J connectivity index is 1.62. The van der Waals surface area contributed by atoms with Crippen molar-refractivity contribution < 1.29 is 0 Å². The van der Waals surface area contributed by atoms with Gasteiger partial charge in [-0.3, -0.25) is 4.90 Å². The third-order valence-electron chi connectivity index (χ3n) is 5.84. The van der Waals surface area contributed by atoms with Gasteiger partial charge in [-0.25, -0.2) is 0 Å². The first kappa shape index (κ1) is 12.9. The maximum absolute atomic E-state index is 3.78. The lowest BCUT2D eigenvalue weighted by Crippen LogP contribution is -2.51. The number of piperidine rings is 1. The summed E-state index contributed by atoms with van der Waals surface area (Å²) >= 11 is 0. The summed E-state index contributed by atoms with van der Waals surface area (Å²) in [5.41, 5.74) is 0. The minimum Gasteiger partial charge on any atom is -0.311 e. The molecule has 4 atom stereocenters. The van der Waals surface area contributed by atoms with E-state index in [0.29, 0.717) is 0 Å². The second-order valence-corrected chi connectivity index (χ2v) is 6.83. The fourth-order valence-corrected chi connectivity index (χ4v) is 4.83. The molecule has 0 aromatic rings. The van der Waals surface area contributed by atoms with Gasteiger partial charge in [-0.15, -0.1) is 0 Å². The van der Waals surface area contributed by atoms with E-state index in [9.17, 15) is 0 Å². The van der Waals surface area contributed by atoms with E-state index in [0.717, 1.165) is 30.1 Å². The molecule has 4 unspecified atom stereocenters. The lowest BCUT2D eigenvalue weighted by Gasteiger charge is -2.40. The Morgan fingerprint density at radius 1 is 0.889 bits per heavy atom. The fraction of sp³-hybridized carbons (Fsp3) is 1.00. The summed E-state index contributed by atoms with van der Waals surface area (Å²) < 4.78 is 0. The Labute approximate surface area is 113 Å². The van der Waals surface area contributed by atoms with E-state index in [2.05, 4.69) is 24.1 Å². The van der Waals surface area contributed by atoms with Crippen LogP contribution in [0.15, 0.2) is 0 Å². The van der Waals surface area contributed by atoms with Crippen LogP contribution in [0.5, 0.6) is 0 Å². The molecular formula is C16H30N2. The van der Waals surface area contributed by atoms with E-state index >= 15 is 0 Å². The number of nitrogens with zero attached hydrogens (tertiary/aromatic N) is 1. The highest BCUT2D eigenvalue weighted by atomic mass is 15.2. The summed E-state index contributed by atoms with van der Waals surface area (Å²) in [6.07, 6.45) is 11.5. The molecule has 0 aromatic carbocycles. The lowest BCUT2D eigenvalue weighted by atomic mass is 9.96. The summed E-state index contributed by atoms with van der Waals surface area (Å²) in [5, 5.41) is 3.78. The molecule has 0 spiro atoms. The molecule has 1 saturated carbocycles. The third-order valence-corrected chi connectivity index (χ3v) is 5.84. The summed E-state index contributed by atoms with van der Waals surface area (Å²) in [4.78, 5) is 2.88. The number of rotatable bonds is 4. The Bertz CT molecular complexity index is 266. The van der Waals surface area contributed by atoms with Crippen LogP contribution < -0.4 is 5.32 Å². The van der Waals surface area contributed by atoms with Gasteiger partial charge >= 0.3 is 0 Å². The van der Waals surface area contributed by atoms with Gasteiger partial charge in [0, 0.05) is 24.2 Å². The van der Waals surface area contributed by atoms with Crippen LogP contribution in [0.1, 0.15) is 65.2 Å². The largest absolute Gasteiger partial charge is 0.311 e. The van der Waals surface area contributed by atoms with Crippen molar-refractivity contribution >= 4 is 0 Å². The van der Waals surface area contributed by atoms with Crippen molar-refractivity contribution in [1.29, 1.82) is 0 Å². The quantitative estimate of drug-likeness (QED) is 0.824. The Kier molecular flexibility index (Phi) is 3.95. The predicted octanol–water partition coefficient (Wildman–Crippen LogP) is 3.17. The van der Waals surface area contributed by atoms with Crippen LogP contribution in [-0.4, -0.2) is 35.6 Å². The summed E-state index contributed by atoms with van der Waals surface area (Å²) in [6, 6.07) is 3.47. The van der Waals surface area contributed by atoms with Crippen LogP contribution >= 0.6 is 0 Å². The highest BCUT2D eigenvalue weighted by Gasteiger charge is 2.39. The highest BCUT2D eigenvalue weighted by Crippen LogP contribution is 2.36. The van der Waals surface area contributed by atoms with Crippen molar-refractivity contribution in [3.05, 3.63) is 0 Å². The van der Waals surface area contributed by atoms with Crippen molar-refractivity contribution in [3.63, 3.8) is 0 Å². The maximum atomic E-state index is 3.78. The molecule has 2 nitrogen and oxygen atoms in total. The number of hydrogen-bond acceptors (Lipinski definition) is 2. The molecule has 3 rings (SSSR count). The number of fused-ring (bicyclic) bond motifs is 2. The minimum absolute atomic E-state index is 0.839. The average Bonchev–Trinajstić information content (AvgIpc) is 2.98. The van der Waals surface area contributed by atoms with Crippen LogP contribution in [0, 0.1) is 5.92 Å². The van der Waals surface area contributed by atoms with Crippen LogP contribution in [-0.2, 0) is 0 Å². The first-order chi connectivity index (χ1) is 8.80. The number of hydrogen-bond donors (Lipinski definition) is 1. The third kappa shape index (κ3) is 2.46. The van der Waals surface area contributed by atoms with Gasteiger partial charge in [-0.2, -0.15) is 0 Å². The molecule has 1 N–H and O–H groups in total. The predicted molar refractivity (Wildman–Crippen MR) is 76.8 cm³/mol. The molecule has 0 radical (unpaired) electrons. The van der Waals surface area contributed by atoms with Crippen LogP contribution in [0.25, 0.3) is 0 Å². The molecule has 1 aliphatic carbocycles. The monoisotopic (exact) mass is 250 g/mol. The SMILES string of the molecule is CCC1CCC(N(CC)C2CC3CCC(C2)N3)C1.